The highest BCUT2D eigenvalue weighted by Gasteiger charge is 2.34. The maximum Gasteiger partial charge on any atom is 0.254 e. The molecule has 3 aromatic rings. The molecule has 0 radical (unpaired) electrons. The molecule has 0 saturated carbocycles. The lowest BCUT2D eigenvalue weighted by atomic mass is 9.99. The normalized spacial score (nSPS) is 12.8. The van der Waals surface area contributed by atoms with Crippen LogP contribution in [-0.2, 0) is 16.0 Å². The third kappa shape index (κ3) is 11.7. The zero-order valence-electron chi connectivity index (χ0n) is 28.9. The molecular formula is C39H53N3O4. The first kappa shape index (κ1) is 36.3. The predicted octanol–water partition coefficient (Wildman–Crippen LogP) is 7.29. The number of benzene rings is 3. The number of amides is 3. The van der Waals surface area contributed by atoms with Gasteiger partial charge in [0.1, 0.15) is 23.4 Å². The lowest BCUT2D eigenvalue weighted by Crippen LogP contribution is -2.52. The van der Waals surface area contributed by atoms with Crippen molar-refractivity contribution in [2.45, 2.75) is 92.3 Å². The molecule has 7 heteroatoms. The summed E-state index contributed by atoms with van der Waals surface area (Å²) >= 11 is 0. The van der Waals surface area contributed by atoms with Gasteiger partial charge in [0.05, 0.1) is 0 Å². The summed E-state index contributed by atoms with van der Waals surface area (Å²) in [5, 5.41) is 6.09. The first-order chi connectivity index (χ1) is 21.7. The Morgan fingerprint density at radius 2 is 1.39 bits per heavy atom. The molecule has 0 fully saturated rings. The summed E-state index contributed by atoms with van der Waals surface area (Å²) in [6.07, 6.45) is 1.83. The van der Waals surface area contributed by atoms with Gasteiger partial charge in [0.2, 0.25) is 11.8 Å². The van der Waals surface area contributed by atoms with Crippen molar-refractivity contribution in [1.29, 1.82) is 0 Å². The molecule has 3 aromatic carbocycles. The van der Waals surface area contributed by atoms with Crippen LogP contribution in [0.1, 0.15) is 94.4 Å². The smallest absolute Gasteiger partial charge is 0.254 e. The Hall–Kier alpha value is -4.13. The number of nitrogens with one attached hydrogen (secondary N) is 2. The average Bonchev–Trinajstić information content (AvgIpc) is 2.99. The third-order valence-electron chi connectivity index (χ3n) is 7.62. The number of carbonyl (C=O) groups is 3. The average molecular weight is 628 g/mol. The van der Waals surface area contributed by atoms with Crippen LogP contribution in [0.5, 0.6) is 5.75 Å². The molecule has 2 N–H and O–H groups in total. The number of rotatable bonds is 15. The molecule has 3 rings (SSSR count). The molecular weight excluding hydrogens is 574 g/mol. The van der Waals surface area contributed by atoms with Crippen LogP contribution in [0.4, 0.5) is 0 Å². The van der Waals surface area contributed by atoms with E-state index in [1.807, 2.05) is 94.4 Å². The van der Waals surface area contributed by atoms with E-state index in [0.29, 0.717) is 36.1 Å². The second-order valence-electron chi connectivity index (χ2n) is 14.0. The summed E-state index contributed by atoms with van der Waals surface area (Å²) in [6.45, 7) is 17.3. The molecule has 7 nitrogen and oxygen atoms in total. The number of hydrogen-bond acceptors (Lipinski definition) is 4. The second-order valence-corrected chi connectivity index (χ2v) is 14.0. The van der Waals surface area contributed by atoms with Gasteiger partial charge in [-0.1, -0.05) is 87.9 Å². The number of hydrogen-bond donors (Lipinski definition) is 2. The van der Waals surface area contributed by atoms with Gasteiger partial charge in [-0.2, -0.15) is 0 Å². The Bertz CT molecular complexity index is 1390. The number of carbonyl (C=O) groups excluding carboxylic acids is 3. The molecule has 0 bridgehead atoms. The van der Waals surface area contributed by atoms with Crippen molar-refractivity contribution < 1.29 is 19.1 Å². The maximum atomic E-state index is 14.4. The molecule has 0 aliphatic rings. The van der Waals surface area contributed by atoms with E-state index in [2.05, 4.69) is 38.3 Å². The Balaban J connectivity index is 1.97. The summed E-state index contributed by atoms with van der Waals surface area (Å²) in [5.41, 5.74) is 2.80. The molecule has 0 heterocycles. The van der Waals surface area contributed by atoms with E-state index < -0.39 is 18.0 Å². The fraction of sp³-hybridized carbons (Fsp3) is 0.462. The van der Waals surface area contributed by atoms with Gasteiger partial charge in [-0.05, 0) is 87.8 Å². The lowest BCUT2D eigenvalue weighted by molar-refractivity contribution is -0.131. The van der Waals surface area contributed by atoms with E-state index in [0.717, 1.165) is 29.7 Å². The van der Waals surface area contributed by atoms with Crippen LogP contribution in [0.2, 0.25) is 0 Å². The minimum absolute atomic E-state index is 0.225. The van der Waals surface area contributed by atoms with E-state index >= 15 is 0 Å². The summed E-state index contributed by atoms with van der Waals surface area (Å²) in [6, 6.07) is 22.6. The monoisotopic (exact) mass is 627 g/mol. The highest BCUT2D eigenvalue weighted by Crippen LogP contribution is 2.26. The molecule has 0 aliphatic carbocycles. The number of nitrogens with zero attached hydrogens (tertiary/aromatic N) is 1. The molecule has 248 valence electrons. The molecule has 46 heavy (non-hydrogen) atoms. The summed E-state index contributed by atoms with van der Waals surface area (Å²) in [4.78, 5) is 43.8. The van der Waals surface area contributed by atoms with Crippen molar-refractivity contribution in [3.05, 3.63) is 101 Å². The molecule has 0 aliphatic heterocycles. The van der Waals surface area contributed by atoms with Crippen LogP contribution in [0.15, 0.2) is 78.9 Å². The van der Waals surface area contributed by atoms with Crippen LogP contribution >= 0.6 is 0 Å². The van der Waals surface area contributed by atoms with E-state index in [4.69, 9.17) is 4.74 Å². The zero-order valence-corrected chi connectivity index (χ0v) is 28.9. The highest BCUT2D eigenvalue weighted by molar-refractivity contribution is 5.99. The Labute approximate surface area is 276 Å². The first-order valence-corrected chi connectivity index (χ1v) is 16.5. The van der Waals surface area contributed by atoms with Crippen molar-refractivity contribution in [1.82, 2.24) is 15.5 Å². The summed E-state index contributed by atoms with van der Waals surface area (Å²) in [7, 11) is 0. The number of aryl methyl sites for hydroxylation is 1. The van der Waals surface area contributed by atoms with Gasteiger partial charge >= 0.3 is 0 Å². The maximum absolute atomic E-state index is 14.4. The van der Waals surface area contributed by atoms with Crippen LogP contribution in [-0.4, -0.2) is 47.4 Å². The van der Waals surface area contributed by atoms with Crippen LogP contribution in [0.25, 0.3) is 0 Å². The van der Waals surface area contributed by atoms with Crippen LogP contribution in [0, 0.1) is 18.8 Å². The summed E-state index contributed by atoms with van der Waals surface area (Å²) < 4.78 is 5.97. The van der Waals surface area contributed by atoms with Crippen LogP contribution < -0.4 is 15.4 Å². The Morgan fingerprint density at radius 3 is 1.96 bits per heavy atom. The molecule has 0 aromatic heterocycles. The summed E-state index contributed by atoms with van der Waals surface area (Å²) in [5.74, 6) is 0.599. The molecule has 2 unspecified atom stereocenters. The van der Waals surface area contributed by atoms with Crippen molar-refractivity contribution in [2.24, 2.45) is 11.8 Å². The third-order valence-corrected chi connectivity index (χ3v) is 7.62. The van der Waals surface area contributed by atoms with E-state index in [9.17, 15) is 14.4 Å². The largest absolute Gasteiger partial charge is 0.488 e. The lowest BCUT2D eigenvalue weighted by Gasteiger charge is -2.33. The van der Waals surface area contributed by atoms with E-state index in [-0.39, 0.29) is 23.8 Å². The minimum Gasteiger partial charge on any atom is -0.488 e. The van der Waals surface area contributed by atoms with Crippen molar-refractivity contribution in [3.8, 4) is 5.75 Å². The van der Waals surface area contributed by atoms with Gasteiger partial charge in [0.25, 0.3) is 5.91 Å². The Morgan fingerprint density at radius 1 is 0.783 bits per heavy atom. The van der Waals surface area contributed by atoms with Gasteiger partial charge in [-0.25, -0.2) is 0 Å². The highest BCUT2D eigenvalue weighted by atomic mass is 16.5. The Kier molecular flexibility index (Phi) is 13.4. The van der Waals surface area contributed by atoms with Gasteiger partial charge in [0.15, 0.2) is 0 Å². The van der Waals surface area contributed by atoms with E-state index in [1.54, 1.807) is 17.0 Å². The van der Waals surface area contributed by atoms with Crippen LogP contribution in [0.3, 0.4) is 0 Å². The fourth-order valence-electron chi connectivity index (χ4n) is 5.07. The second kappa shape index (κ2) is 17.0. The van der Waals surface area contributed by atoms with E-state index in [1.165, 1.54) is 0 Å². The molecule has 0 spiro atoms. The quantitative estimate of drug-likeness (QED) is 0.185. The van der Waals surface area contributed by atoms with Gasteiger partial charge in [0, 0.05) is 25.1 Å². The minimum atomic E-state index is -0.928. The predicted molar refractivity (Wildman–Crippen MR) is 186 cm³/mol. The van der Waals surface area contributed by atoms with Crippen molar-refractivity contribution >= 4 is 17.7 Å². The standard InChI is InChI=1S/C39H53N3O4/c1-27(2)22-24-40-36(43)34(26-30-16-20-33(21-17-30)46-39(6,7)8)41-37(44)35(31-12-10-9-11-13-31)42(25-23-28(3)4)38(45)32-18-14-29(5)15-19-32/h9-21,27-28,34-35H,22-26H2,1-8H3,(H,40,43)(H,41,44). The molecule has 3 amide bonds. The van der Waals surface area contributed by atoms with Crippen molar-refractivity contribution in [3.63, 3.8) is 0 Å². The zero-order chi connectivity index (χ0) is 33.9. The van der Waals surface area contributed by atoms with Gasteiger partial charge in [-0.15, -0.1) is 0 Å². The fourth-order valence-corrected chi connectivity index (χ4v) is 5.07. The van der Waals surface area contributed by atoms with Crippen molar-refractivity contribution in [2.75, 3.05) is 13.1 Å². The number of ether oxygens (including phenoxy) is 1. The molecule has 0 saturated heterocycles. The topological polar surface area (TPSA) is 87.7 Å². The first-order valence-electron chi connectivity index (χ1n) is 16.5. The molecule has 2 atom stereocenters. The van der Waals surface area contributed by atoms with Gasteiger partial charge < -0.3 is 20.3 Å². The van der Waals surface area contributed by atoms with Gasteiger partial charge in [-0.3, -0.25) is 14.4 Å². The SMILES string of the molecule is Cc1ccc(C(=O)N(CCC(C)C)C(C(=O)NC(Cc2ccc(OC(C)(C)C)cc2)C(=O)NCCC(C)C)c2ccccc2)cc1.